The summed E-state index contributed by atoms with van der Waals surface area (Å²) in [5, 5.41) is 0. The Labute approximate surface area is 91.9 Å². The van der Waals surface area contributed by atoms with Crippen LogP contribution in [0.4, 0.5) is 0 Å². The summed E-state index contributed by atoms with van der Waals surface area (Å²) in [4.78, 5) is 0. The van der Waals surface area contributed by atoms with Crippen molar-refractivity contribution in [2.24, 2.45) is 5.41 Å². The molecule has 0 saturated carbocycles. The average molecular weight is 247 g/mol. The summed E-state index contributed by atoms with van der Waals surface area (Å²) in [5.74, 6) is 0. The van der Waals surface area contributed by atoms with E-state index >= 15 is 0 Å². The Kier molecular flexibility index (Phi) is 6.75. The van der Waals surface area contributed by atoms with Gasteiger partial charge in [-0.05, 0) is 22.7 Å². The maximum atomic E-state index is 3.63. The lowest BCUT2D eigenvalue weighted by Crippen LogP contribution is -1.99. The van der Waals surface area contributed by atoms with E-state index in [2.05, 4.69) is 49.7 Å². The Morgan fingerprint density at radius 2 is 1.77 bits per heavy atom. The first-order valence-corrected chi connectivity index (χ1v) is 6.12. The van der Waals surface area contributed by atoms with Crippen molar-refractivity contribution in [1.29, 1.82) is 0 Å². The molecule has 0 aliphatic rings. The fourth-order valence-electron chi connectivity index (χ4n) is 1.26. The zero-order valence-corrected chi connectivity index (χ0v) is 11.1. The molecule has 0 rings (SSSR count). The Bertz CT molecular complexity index is 151. The largest absolute Gasteiger partial charge is 0.0690 e. The number of hydrogen-bond acceptors (Lipinski definition) is 0. The Balaban J connectivity index is 3.62. The molecule has 0 radical (unpaired) electrons. The van der Waals surface area contributed by atoms with E-state index < -0.39 is 0 Å². The first-order chi connectivity index (χ1) is 5.95. The predicted octanol–water partition coefficient (Wildman–Crippen LogP) is 5.28. The van der Waals surface area contributed by atoms with E-state index in [1.165, 1.54) is 36.6 Å². The summed E-state index contributed by atoms with van der Waals surface area (Å²) >= 11 is 3.63. The van der Waals surface area contributed by atoms with Crippen molar-refractivity contribution in [2.45, 2.75) is 59.8 Å². The summed E-state index contributed by atoms with van der Waals surface area (Å²) in [6, 6.07) is 0. The first kappa shape index (κ1) is 13.2. The third-order valence-corrected chi connectivity index (χ3v) is 2.48. The molecule has 0 nitrogen and oxygen atoms in total. The van der Waals surface area contributed by atoms with Crippen molar-refractivity contribution < 1.29 is 0 Å². The molecule has 78 valence electrons. The van der Waals surface area contributed by atoms with Gasteiger partial charge in [-0.3, -0.25) is 0 Å². The van der Waals surface area contributed by atoms with E-state index in [0.717, 1.165) is 0 Å². The molecule has 0 heterocycles. The molecule has 0 saturated heterocycles. The quantitative estimate of drug-likeness (QED) is 0.579. The highest BCUT2D eigenvalue weighted by Gasteiger charge is 2.06. The Hall–Kier alpha value is 0.220. The van der Waals surface area contributed by atoms with Gasteiger partial charge in [0.1, 0.15) is 0 Å². The molecule has 0 atom stereocenters. The molecule has 0 aliphatic heterocycles. The minimum absolute atomic E-state index is 0.309. The van der Waals surface area contributed by atoms with Crippen LogP contribution >= 0.6 is 15.9 Å². The van der Waals surface area contributed by atoms with Gasteiger partial charge in [0.2, 0.25) is 0 Å². The highest BCUT2D eigenvalue weighted by atomic mass is 79.9. The van der Waals surface area contributed by atoms with Gasteiger partial charge < -0.3 is 0 Å². The van der Waals surface area contributed by atoms with E-state index in [1.54, 1.807) is 0 Å². The van der Waals surface area contributed by atoms with Crippen molar-refractivity contribution in [3.05, 3.63) is 10.6 Å². The highest BCUT2D eigenvalue weighted by Crippen LogP contribution is 2.24. The highest BCUT2D eigenvalue weighted by molar-refractivity contribution is 9.11. The Morgan fingerprint density at radius 1 is 1.15 bits per heavy atom. The van der Waals surface area contributed by atoms with Crippen LogP contribution < -0.4 is 0 Å². The van der Waals surface area contributed by atoms with E-state index in [4.69, 9.17) is 0 Å². The van der Waals surface area contributed by atoms with E-state index in [-0.39, 0.29) is 0 Å². The number of rotatable bonds is 5. The summed E-state index contributed by atoms with van der Waals surface area (Å²) in [5.41, 5.74) is 0.309. The molecule has 13 heavy (non-hydrogen) atoms. The van der Waals surface area contributed by atoms with Gasteiger partial charge in [0, 0.05) is 0 Å². The molecule has 0 aromatic heterocycles. The van der Waals surface area contributed by atoms with Crippen molar-refractivity contribution >= 4 is 15.9 Å². The van der Waals surface area contributed by atoms with Gasteiger partial charge in [-0.25, -0.2) is 0 Å². The maximum absolute atomic E-state index is 3.63. The van der Waals surface area contributed by atoms with E-state index in [9.17, 15) is 0 Å². The first-order valence-electron chi connectivity index (χ1n) is 5.33. The fraction of sp³-hybridized carbons (Fsp3) is 0.833. The smallest absolute Gasteiger partial charge is 0.00839 e. The van der Waals surface area contributed by atoms with Gasteiger partial charge in [-0.15, -0.1) is 0 Å². The molecule has 0 aromatic carbocycles. The third kappa shape index (κ3) is 10.1. The predicted molar refractivity (Wildman–Crippen MR) is 65.2 cm³/mol. The molecule has 0 N–H and O–H groups in total. The number of hydrogen-bond donors (Lipinski definition) is 0. The van der Waals surface area contributed by atoms with E-state index in [1.807, 2.05) is 0 Å². The van der Waals surface area contributed by atoms with Crippen molar-refractivity contribution in [3.63, 3.8) is 0 Å². The minimum Gasteiger partial charge on any atom is -0.0690 e. The SMILES string of the molecule is CCCCCC/C(Br)=C\C(C)(C)C. The van der Waals surface area contributed by atoms with Gasteiger partial charge in [-0.2, -0.15) is 0 Å². The van der Waals surface area contributed by atoms with Crippen LogP contribution in [0, 0.1) is 5.41 Å². The van der Waals surface area contributed by atoms with Gasteiger partial charge >= 0.3 is 0 Å². The number of allylic oxidation sites excluding steroid dienone is 2. The zero-order chi connectivity index (χ0) is 10.3. The molecule has 0 bridgehead atoms. The van der Waals surface area contributed by atoms with Crippen molar-refractivity contribution in [3.8, 4) is 0 Å². The van der Waals surface area contributed by atoms with Crippen molar-refractivity contribution in [2.75, 3.05) is 0 Å². The monoisotopic (exact) mass is 246 g/mol. The summed E-state index contributed by atoms with van der Waals surface area (Å²) in [7, 11) is 0. The second kappa shape index (κ2) is 6.64. The number of unbranched alkanes of at least 4 members (excludes halogenated alkanes) is 3. The molecule has 0 aliphatic carbocycles. The molecule has 1 heteroatoms. The fourth-order valence-corrected chi connectivity index (χ4v) is 2.23. The van der Waals surface area contributed by atoms with Crippen LogP contribution in [0.1, 0.15) is 59.8 Å². The normalized spacial score (nSPS) is 13.5. The van der Waals surface area contributed by atoms with Crippen LogP contribution in [0.25, 0.3) is 0 Å². The lowest BCUT2D eigenvalue weighted by Gasteiger charge is -2.13. The van der Waals surface area contributed by atoms with Gasteiger partial charge in [-0.1, -0.05) is 69.0 Å². The molecule has 0 spiro atoms. The molecule has 0 aromatic rings. The van der Waals surface area contributed by atoms with Crippen LogP contribution in [-0.4, -0.2) is 0 Å². The third-order valence-electron chi connectivity index (χ3n) is 1.86. The van der Waals surface area contributed by atoms with Gasteiger partial charge in [0.15, 0.2) is 0 Å². The summed E-state index contributed by atoms with van der Waals surface area (Å²) in [6.07, 6.45) is 8.90. The lowest BCUT2D eigenvalue weighted by atomic mass is 9.95. The van der Waals surface area contributed by atoms with Crippen LogP contribution in [0.2, 0.25) is 0 Å². The van der Waals surface area contributed by atoms with Crippen LogP contribution in [0.3, 0.4) is 0 Å². The molecular weight excluding hydrogens is 224 g/mol. The van der Waals surface area contributed by atoms with Crippen LogP contribution in [-0.2, 0) is 0 Å². The molecule has 0 unspecified atom stereocenters. The molecular formula is C12H23Br. The second-order valence-corrected chi connectivity index (χ2v) is 5.79. The van der Waals surface area contributed by atoms with Gasteiger partial charge in [0.25, 0.3) is 0 Å². The zero-order valence-electron chi connectivity index (χ0n) is 9.49. The molecule has 0 fully saturated rings. The summed E-state index contributed by atoms with van der Waals surface area (Å²) in [6.45, 7) is 8.96. The van der Waals surface area contributed by atoms with Crippen LogP contribution in [0.15, 0.2) is 10.6 Å². The van der Waals surface area contributed by atoms with E-state index in [0.29, 0.717) is 5.41 Å². The minimum atomic E-state index is 0.309. The summed E-state index contributed by atoms with van der Waals surface area (Å²) < 4.78 is 1.37. The van der Waals surface area contributed by atoms with Crippen molar-refractivity contribution in [1.82, 2.24) is 0 Å². The topological polar surface area (TPSA) is 0 Å². The number of halogens is 1. The lowest BCUT2D eigenvalue weighted by molar-refractivity contribution is 0.539. The molecule has 0 amide bonds. The standard InChI is InChI=1S/C12H23Br/c1-5-6-7-8-9-11(13)10-12(2,3)4/h10H,5-9H2,1-4H3/b11-10+. The van der Waals surface area contributed by atoms with Gasteiger partial charge in [0.05, 0.1) is 0 Å². The maximum Gasteiger partial charge on any atom is -0.00839 e. The van der Waals surface area contributed by atoms with Crippen LogP contribution in [0.5, 0.6) is 0 Å². The average Bonchev–Trinajstić information content (AvgIpc) is 1.94. The second-order valence-electron chi connectivity index (χ2n) is 4.77. The Morgan fingerprint density at radius 3 is 2.23 bits per heavy atom.